The van der Waals surface area contributed by atoms with Gasteiger partial charge in [-0.25, -0.2) is 9.50 Å². The van der Waals surface area contributed by atoms with Crippen molar-refractivity contribution in [3.8, 4) is 11.9 Å². The van der Waals surface area contributed by atoms with Gasteiger partial charge in [0, 0.05) is 12.4 Å². The standard InChI is InChI=1S/C14H11N11/c1-8-12(14-22-19-9(2)24(14)23-8)20-21-13-10(5-15)6-18-25(13)11-7-16-3-4-17-11/h3-4,6-7,23H,1-2H3. The van der Waals surface area contributed by atoms with Crippen LogP contribution in [0.25, 0.3) is 11.5 Å². The molecule has 0 aliphatic rings. The van der Waals surface area contributed by atoms with Crippen LogP contribution in [0.5, 0.6) is 0 Å². The minimum absolute atomic E-state index is 0.262. The second-order valence-electron chi connectivity index (χ2n) is 5.16. The second-order valence-corrected chi connectivity index (χ2v) is 5.16. The van der Waals surface area contributed by atoms with Crippen LogP contribution in [0.3, 0.4) is 0 Å². The number of rotatable bonds is 3. The normalized spacial score (nSPS) is 11.4. The van der Waals surface area contributed by atoms with Crippen molar-refractivity contribution in [3.63, 3.8) is 0 Å². The number of H-pyrrole nitrogens is 1. The van der Waals surface area contributed by atoms with Gasteiger partial charge < -0.3 is 0 Å². The summed E-state index contributed by atoms with van der Waals surface area (Å²) in [5.41, 5.74) is 2.15. The first-order valence-corrected chi connectivity index (χ1v) is 7.25. The Hall–Kier alpha value is -3.94. The van der Waals surface area contributed by atoms with E-state index in [1.54, 1.807) is 10.7 Å². The molecule has 25 heavy (non-hydrogen) atoms. The summed E-state index contributed by atoms with van der Waals surface area (Å²) in [5.74, 6) is 1.41. The van der Waals surface area contributed by atoms with E-state index in [1.807, 2.05) is 19.9 Å². The third-order valence-electron chi connectivity index (χ3n) is 3.55. The molecule has 0 unspecified atom stereocenters. The highest BCUT2D eigenvalue weighted by Gasteiger charge is 2.16. The van der Waals surface area contributed by atoms with Gasteiger partial charge in [-0.15, -0.1) is 20.4 Å². The maximum absolute atomic E-state index is 9.29. The van der Waals surface area contributed by atoms with E-state index in [4.69, 9.17) is 0 Å². The fourth-order valence-corrected chi connectivity index (χ4v) is 2.34. The van der Waals surface area contributed by atoms with E-state index in [9.17, 15) is 5.26 Å². The number of nitriles is 1. The summed E-state index contributed by atoms with van der Waals surface area (Å²) in [6, 6.07) is 2.05. The summed E-state index contributed by atoms with van der Waals surface area (Å²) in [7, 11) is 0. The number of nitrogens with zero attached hydrogens (tertiary/aromatic N) is 10. The number of hydrogen-bond donors (Lipinski definition) is 1. The fraction of sp³-hybridized carbons (Fsp3) is 0.143. The van der Waals surface area contributed by atoms with Gasteiger partial charge >= 0.3 is 0 Å². The van der Waals surface area contributed by atoms with E-state index in [-0.39, 0.29) is 11.4 Å². The Morgan fingerprint density at radius 2 is 2.04 bits per heavy atom. The quantitative estimate of drug-likeness (QED) is 0.568. The molecule has 0 saturated carbocycles. The third kappa shape index (κ3) is 2.32. The van der Waals surface area contributed by atoms with Crippen LogP contribution in [-0.4, -0.2) is 39.6 Å². The molecule has 11 heteroatoms. The average Bonchev–Trinajstić information content (AvgIpc) is 3.29. The Balaban J connectivity index is 1.83. The highest BCUT2D eigenvalue weighted by Crippen LogP contribution is 2.28. The Morgan fingerprint density at radius 3 is 2.80 bits per heavy atom. The van der Waals surface area contributed by atoms with Gasteiger partial charge in [0.1, 0.15) is 17.5 Å². The number of hydrogen-bond acceptors (Lipinski definition) is 8. The number of aromatic nitrogens is 8. The molecule has 0 aliphatic carbocycles. The summed E-state index contributed by atoms with van der Waals surface area (Å²) in [6.45, 7) is 3.68. The molecule has 4 aromatic heterocycles. The predicted octanol–water partition coefficient (Wildman–Crippen LogP) is 1.94. The fourth-order valence-electron chi connectivity index (χ4n) is 2.34. The van der Waals surface area contributed by atoms with Gasteiger partial charge in [-0.3, -0.25) is 10.1 Å². The van der Waals surface area contributed by atoms with Crippen LogP contribution in [0.1, 0.15) is 17.1 Å². The highest BCUT2D eigenvalue weighted by molar-refractivity contribution is 5.66. The maximum Gasteiger partial charge on any atom is 0.205 e. The van der Waals surface area contributed by atoms with Gasteiger partial charge in [-0.2, -0.15) is 15.0 Å². The minimum Gasteiger partial charge on any atom is -0.293 e. The molecule has 0 spiro atoms. The summed E-state index contributed by atoms with van der Waals surface area (Å²) in [4.78, 5) is 8.17. The Bertz CT molecular complexity index is 1120. The molecule has 4 rings (SSSR count). The van der Waals surface area contributed by atoms with E-state index in [0.29, 0.717) is 23.0 Å². The van der Waals surface area contributed by atoms with Crippen LogP contribution in [0.15, 0.2) is 35.0 Å². The van der Waals surface area contributed by atoms with E-state index in [2.05, 4.69) is 40.6 Å². The maximum atomic E-state index is 9.29. The van der Waals surface area contributed by atoms with Crippen molar-refractivity contribution in [1.29, 1.82) is 5.26 Å². The molecule has 0 saturated heterocycles. The molecule has 0 aliphatic heterocycles. The summed E-state index contributed by atoms with van der Waals surface area (Å²) in [5, 5.41) is 33.1. The molecule has 122 valence electrons. The average molecular weight is 333 g/mol. The van der Waals surface area contributed by atoms with Crippen molar-refractivity contribution in [1.82, 2.24) is 39.6 Å². The molecule has 0 atom stereocenters. The molecule has 0 amide bonds. The lowest BCUT2D eigenvalue weighted by Crippen LogP contribution is -1.98. The number of aromatic amines is 1. The molecular weight excluding hydrogens is 322 g/mol. The van der Waals surface area contributed by atoms with Crippen LogP contribution in [0, 0.1) is 25.2 Å². The van der Waals surface area contributed by atoms with Crippen LogP contribution < -0.4 is 0 Å². The lowest BCUT2D eigenvalue weighted by Gasteiger charge is -2.00. The molecule has 4 aromatic rings. The summed E-state index contributed by atoms with van der Waals surface area (Å²) >= 11 is 0. The van der Waals surface area contributed by atoms with Crippen molar-refractivity contribution < 1.29 is 0 Å². The molecular formula is C14H11N11. The van der Waals surface area contributed by atoms with E-state index >= 15 is 0 Å². The first-order chi connectivity index (χ1) is 12.2. The number of nitrogens with one attached hydrogen (secondary N) is 1. The van der Waals surface area contributed by atoms with Crippen molar-refractivity contribution >= 4 is 17.2 Å². The van der Waals surface area contributed by atoms with Crippen molar-refractivity contribution in [3.05, 3.63) is 41.9 Å². The minimum atomic E-state index is 0.262. The Labute approximate surface area is 140 Å². The monoisotopic (exact) mass is 333 g/mol. The zero-order valence-electron chi connectivity index (χ0n) is 13.3. The third-order valence-corrected chi connectivity index (χ3v) is 3.55. The van der Waals surface area contributed by atoms with E-state index in [0.717, 1.165) is 5.69 Å². The first-order valence-electron chi connectivity index (χ1n) is 7.25. The number of azo groups is 1. The van der Waals surface area contributed by atoms with Gasteiger partial charge in [0.05, 0.1) is 18.1 Å². The zero-order chi connectivity index (χ0) is 17.4. The number of fused-ring (bicyclic) bond motifs is 1. The highest BCUT2D eigenvalue weighted by atomic mass is 15.4. The first kappa shape index (κ1) is 14.6. The smallest absolute Gasteiger partial charge is 0.205 e. The van der Waals surface area contributed by atoms with Gasteiger partial charge in [0.25, 0.3) is 0 Å². The van der Waals surface area contributed by atoms with Gasteiger partial charge in [-0.05, 0) is 13.8 Å². The Morgan fingerprint density at radius 1 is 1.16 bits per heavy atom. The van der Waals surface area contributed by atoms with E-state index in [1.165, 1.54) is 23.3 Å². The molecule has 0 bridgehead atoms. The molecule has 0 radical (unpaired) electrons. The summed E-state index contributed by atoms with van der Waals surface area (Å²) < 4.78 is 3.12. The SMILES string of the molecule is Cc1[nH]n2c(C)nnc2c1N=Nc1c(C#N)cnn1-c1cnccn1. The van der Waals surface area contributed by atoms with Crippen LogP contribution >= 0.6 is 0 Å². The molecule has 4 heterocycles. The van der Waals surface area contributed by atoms with Crippen molar-refractivity contribution in [2.75, 3.05) is 0 Å². The van der Waals surface area contributed by atoms with E-state index < -0.39 is 0 Å². The molecule has 1 N–H and O–H groups in total. The van der Waals surface area contributed by atoms with Crippen LogP contribution in [0.2, 0.25) is 0 Å². The largest absolute Gasteiger partial charge is 0.293 e. The Kier molecular flexibility index (Phi) is 3.28. The molecule has 0 aromatic carbocycles. The van der Waals surface area contributed by atoms with Crippen LogP contribution in [0.4, 0.5) is 11.5 Å². The lowest BCUT2D eigenvalue weighted by molar-refractivity contribution is 0.831. The topological polar surface area (TPSA) is 138 Å². The van der Waals surface area contributed by atoms with Gasteiger partial charge in [-0.1, -0.05) is 0 Å². The van der Waals surface area contributed by atoms with Crippen LogP contribution in [-0.2, 0) is 0 Å². The molecule has 0 fully saturated rings. The molecule has 11 nitrogen and oxygen atoms in total. The number of aryl methyl sites for hydroxylation is 2. The van der Waals surface area contributed by atoms with Gasteiger partial charge in [0.2, 0.25) is 5.65 Å². The second kappa shape index (κ2) is 5.60. The zero-order valence-corrected chi connectivity index (χ0v) is 13.3. The van der Waals surface area contributed by atoms with Crippen molar-refractivity contribution in [2.45, 2.75) is 13.8 Å². The van der Waals surface area contributed by atoms with Gasteiger partial charge in [0.15, 0.2) is 17.3 Å². The summed E-state index contributed by atoms with van der Waals surface area (Å²) in [6.07, 6.45) is 6.01. The predicted molar refractivity (Wildman–Crippen MR) is 84.9 cm³/mol. The van der Waals surface area contributed by atoms with Crippen molar-refractivity contribution in [2.24, 2.45) is 10.2 Å². The lowest BCUT2D eigenvalue weighted by atomic mass is 10.4.